The van der Waals surface area contributed by atoms with Crippen LogP contribution in [0, 0.1) is 5.41 Å². The molecule has 4 aromatic rings. The first-order valence-corrected chi connectivity index (χ1v) is 11.5. The summed E-state index contributed by atoms with van der Waals surface area (Å²) in [7, 11) is 0. The molecule has 0 bridgehead atoms. The lowest BCUT2D eigenvalue weighted by Gasteiger charge is -2.22. The van der Waals surface area contributed by atoms with E-state index in [1.54, 1.807) is 48.5 Å². The third-order valence-corrected chi connectivity index (χ3v) is 5.77. The number of nitrogen functional groups attached to an aromatic ring is 1. The second-order valence-corrected chi connectivity index (χ2v) is 8.23. The number of anilines is 1. The quantitative estimate of drug-likeness (QED) is 0.111. The van der Waals surface area contributed by atoms with Crippen LogP contribution < -0.4 is 16.4 Å². The molecule has 1 unspecified atom stereocenters. The van der Waals surface area contributed by atoms with Gasteiger partial charge in [-0.25, -0.2) is 0 Å². The molecule has 0 aliphatic rings. The van der Waals surface area contributed by atoms with Crippen molar-refractivity contribution in [3.8, 4) is 0 Å². The number of carbonyl (C=O) groups is 3. The molecule has 8 nitrogen and oxygen atoms in total. The Kier molecular flexibility index (Phi) is 9.10. The number of hydrogen-bond donors (Lipinski definition) is 5. The number of fused-ring (bicyclic) bond motifs is 1. The Hall–Kier alpha value is -4.98. The summed E-state index contributed by atoms with van der Waals surface area (Å²) in [4.78, 5) is 35.0. The van der Waals surface area contributed by atoms with E-state index in [0.29, 0.717) is 16.8 Å². The van der Waals surface area contributed by atoms with Gasteiger partial charge in [0.15, 0.2) is 0 Å². The van der Waals surface area contributed by atoms with Crippen LogP contribution in [-0.2, 0) is 14.4 Å². The minimum atomic E-state index is -1.04. The topological polar surface area (TPSA) is 145 Å². The highest BCUT2D eigenvalue weighted by Gasteiger charge is 2.30. The number of carboxylic acid groups (broad SMARTS) is 1. The van der Waals surface area contributed by atoms with E-state index in [2.05, 4.69) is 10.6 Å². The summed E-state index contributed by atoms with van der Waals surface area (Å²) in [6.45, 7) is 1.67. The third-order valence-electron chi connectivity index (χ3n) is 5.77. The molecule has 6 N–H and O–H groups in total. The predicted molar refractivity (Wildman–Crippen MR) is 144 cm³/mol. The number of hydrogen-bond acceptors (Lipinski definition) is 4. The van der Waals surface area contributed by atoms with Gasteiger partial charge in [0.2, 0.25) is 11.8 Å². The van der Waals surface area contributed by atoms with Crippen LogP contribution in [0.4, 0.5) is 5.69 Å². The van der Waals surface area contributed by atoms with E-state index in [9.17, 15) is 9.59 Å². The fraction of sp³-hybridized carbons (Fsp3) is 0.103. The zero-order valence-corrected chi connectivity index (χ0v) is 20.2. The SMILES string of the molecule is C[C@H](NC(=O)C(C(=O)Nc1ccc(C(=N)N)cc1)c1ccccc1)c1cccc2ccccc12.O=CO. The Morgan fingerprint density at radius 3 is 2.11 bits per heavy atom. The average molecular weight is 497 g/mol. The summed E-state index contributed by atoms with van der Waals surface area (Å²) in [5, 5.41) is 22.4. The van der Waals surface area contributed by atoms with Crippen LogP contribution in [0.3, 0.4) is 0 Å². The Labute approximate surface area is 214 Å². The van der Waals surface area contributed by atoms with E-state index < -0.39 is 11.8 Å². The number of rotatable bonds is 7. The van der Waals surface area contributed by atoms with Crippen molar-refractivity contribution >= 4 is 40.6 Å². The smallest absolute Gasteiger partial charge is 0.290 e. The van der Waals surface area contributed by atoms with E-state index in [1.807, 2.05) is 55.5 Å². The molecule has 0 aliphatic heterocycles. The van der Waals surface area contributed by atoms with E-state index in [-0.39, 0.29) is 24.3 Å². The lowest BCUT2D eigenvalue weighted by molar-refractivity contribution is -0.129. The number of nitrogens with one attached hydrogen (secondary N) is 3. The molecule has 0 spiro atoms. The Balaban J connectivity index is 0.00000121. The first-order valence-electron chi connectivity index (χ1n) is 11.5. The predicted octanol–water partition coefficient (Wildman–Crippen LogP) is 4.42. The molecule has 2 atom stereocenters. The van der Waals surface area contributed by atoms with Gasteiger partial charge in [-0.15, -0.1) is 0 Å². The summed E-state index contributed by atoms with van der Waals surface area (Å²) in [6, 6.07) is 29.3. The molecule has 0 radical (unpaired) electrons. The fourth-order valence-electron chi connectivity index (χ4n) is 4.02. The average Bonchev–Trinajstić information content (AvgIpc) is 2.90. The number of benzene rings is 4. The molecular weight excluding hydrogens is 468 g/mol. The molecule has 0 heterocycles. The molecule has 37 heavy (non-hydrogen) atoms. The van der Waals surface area contributed by atoms with Crippen molar-refractivity contribution in [1.29, 1.82) is 5.41 Å². The highest BCUT2D eigenvalue weighted by molar-refractivity contribution is 6.11. The lowest BCUT2D eigenvalue weighted by atomic mass is 9.95. The second-order valence-electron chi connectivity index (χ2n) is 8.23. The highest BCUT2D eigenvalue weighted by atomic mass is 16.3. The first kappa shape index (κ1) is 26.6. The van der Waals surface area contributed by atoms with Gasteiger partial charge in [-0.05, 0) is 53.1 Å². The zero-order chi connectivity index (χ0) is 26.8. The number of nitrogens with two attached hydrogens (primary N) is 1. The van der Waals surface area contributed by atoms with Crippen LogP contribution in [0.2, 0.25) is 0 Å². The van der Waals surface area contributed by atoms with Crippen LogP contribution in [0.5, 0.6) is 0 Å². The van der Waals surface area contributed by atoms with Crippen molar-refractivity contribution in [3.63, 3.8) is 0 Å². The van der Waals surface area contributed by atoms with Gasteiger partial charge >= 0.3 is 0 Å². The molecule has 0 saturated carbocycles. The fourth-order valence-corrected chi connectivity index (χ4v) is 4.02. The van der Waals surface area contributed by atoms with Crippen molar-refractivity contribution < 1.29 is 19.5 Å². The van der Waals surface area contributed by atoms with Crippen molar-refractivity contribution in [2.24, 2.45) is 5.73 Å². The van der Waals surface area contributed by atoms with E-state index in [1.165, 1.54) is 0 Å². The summed E-state index contributed by atoms with van der Waals surface area (Å²) in [6.07, 6.45) is 0. The van der Waals surface area contributed by atoms with E-state index >= 15 is 0 Å². The Morgan fingerprint density at radius 2 is 1.46 bits per heavy atom. The van der Waals surface area contributed by atoms with Gasteiger partial charge in [0.05, 0.1) is 6.04 Å². The third kappa shape index (κ3) is 6.79. The van der Waals surface area contributed by atoms with Crippen molar-refractivity contribution in [2.75, 3.05) is 5.32 Å². The minimum Gasteiger partial charge on any atom is -0.483 e. The molecule has 0 saturated heterocycles. The standard InChI is InChI=1S/C28H26N4O2.CH2O2/c1-18(23-13-7-11-19-8-5-6-12-24(19)23)31-27(33)25(20-9-3-2-4-10-20)28(34)32-22-16-14-21(15-17-22)26(29)30;2-1-3/h2-18,25H,1H3,(H3,29,30)(H,31,33)(H,32,34);1H,(H,2,3)/t18-,25?;/m0./s1. The van der Waals surface area contributed by atoms with Gasteiger partial charge in [-0.3, -0.25) is 19.8 Å². The molecular formula is C29H28N4O4. The maximum Gasteiger partial charge on any atom is 0.290 e. The molecule has 4 rings (SSSR count). The lowest BCUT2D eigenvalue weighted by Crippen LogP contribution is -2.37. The van der Waals surface area contributed by atoms with Gasteiger partial charge in [0.1, 0.15) is 11.8 Å². The van der Waals surface area contributed by atoms with Crippen LogP contribution in [0.15, 0.2) is 97.1 Å². The maximum absolute atomic E-state index is 13.4. The minimum absolute atomic E-state index is 0.0539. The highest BCUT2D eigenvalue weighted by Crippen LogP contribution is 2.26. The zero-order valence-electron chi connectivity index (χ0n) is 20.2. The van der Waals surface area contributed by atoms with Gasteiger partial charge in [-0.1, -0.05) is 72.8 Å². The number of amidine groups is 1. The van der Waals surface area contributed by atoms with E-state index in [0.717, 1.165) is 16.3 Å². The van der Waals surface area contributed by atoms with Crippen LogP contribution in [0.25, 0.3) is 10.8 Å². The monoisotopic (exact) mass is 496 g/mol. The van der Waals surface area contributed by atoms with Crippen molar-refractivity contribution in [1.82, 2.24) is 5.32 Å². The number of amides is 2. The summed E-state index contributed by atoms with van der Waals surface area (Å²) in [5.41, 5.74) is 8.16. The molecule has 0 aliphatic carbocycles. The summed E-state index contributed by atoms with van der Waals surface area (Å²) >= 11 is 0. The molecule has 0 aromatic heterocycles. The summed E-state index contributed by atoms with van der Waals surface area (Å²) in [5.74, 6) is -1.91. The van der Waals surface area contributed by atoms with Gasteiger partial charge in [0.25, 0.3) is 6.47 Å². The first-order chi connectivity index (χ1) is 17.8. The van der Waals surface area contributed by atoms with Crippen molar-refractivity contribution in [2.45, 2.75) is 18.9 Å². The molecule has 8 heteroatoms. The van der Waals surface area contributed by atoms with Crippen LogP contribution in [0.1, 0.15) is 35.6 Å². The van der Waals surface area contributed by atoms with Crippen LogP contribution in [-0.4, -0.2) is 29.2 Å². The molecule has 2 amide bonds. The molecule has 0 fully saturated rings. The largest absolute Gasteiger partial charge is 0.483 e. The molecule has 188 valence electrons. The normalized spacial score (nSPS) is 11.8. The van der Waals surface area contributed by atoms with Crippen LogP contribution >= 0.6 is 0 Å². The van der Waals surface area contributed by atoms with Crippen molar-refractivity contribution in [3.05, 3.63) is 114 Å². The summed E-state index contributed by atoms with van der Waals surface area (Å²) < 4.78 is 0. The Morgan fingerprint density at radius 1 is 0.865 bits per heavy atom. The van der Waals surface area contributed by atoms with Gasteiger partial charge in [0, 0.05) is 11.3 Å². The van der Waals surface area contributed by atoms with Gasteiger partial charge in [-0.2, -0.15) is 0 Å². The maximum atomic E-state index is 13.4. The van der Waals surface area contributed by atoms with E-state index in [4.69, 9.17) is 21.0 Å². The number of carbonyl (C=O) groups excluding carboxylic acids is 2. The second kappa shape index (κ2) is 12.6. The van der Waals surface area contributed by atoms with Gasteiger partial charge < -0.3 is 21.5 Å². The molecule has 4 aromatic carbocycles. The Bertz CT molecular complexity index is 1380.